The van der Waals surface area contributed by atoms with Gasteiger partial charge in [0, 0.05) is 50.4 Å². The molecule has 0 aliphatic rings. The number of primary amides is 1. The summed E-state index contributed by atoms with van der Waals surface area (Å²) in [5, 5.41) is 2.68. The molecule has 0 radical (unpaired) electrons. The van der Waals surface area contributed by atoms with E-state index in [1.165, 1.54) is 62.1 Å². The molecule has 4 aromatic rings. The van der Waals surface area contributed by atoms with Crippen LogP contribution in [0.3, 0.4) is 0 Å². The second-order valence-electron chi connectivity index (χ2n) is 9.61. The Hall–Kier alpha value is -5.70. The van der Waals surface area contributed by atoms with Crippen molar-refractivity contribution in [1.82, 2.24) is 0 Å². The molecular formula is C33H27N3O6. The van der Waals surface area contributed by atoms with Crippen molar-refractivity contribution >= 4 is 52.1 Å². The number of nitrogens with zero attached hydrogens (tertiary/aromatic N) is 1. The zero-order chi connectivity index (χ0) is 30.6. The van der Waals surface area contributed by atoms with Gasteiger partial charge in [0.25, 0.3) is 11.8 Å². The van der Waals surface area contributed by atoms with E-state index in [2.05, 4.69) is 5.32 Å². The first-order chi connectivity index (χ1) is 19.9. The van der Waals surface area contributed by atoms with Gasteiger partial charge in [0.05, 0.1) is 0 Å². The number of ketones is 3. The zero-order valence-electron chi connectivity index (χ0n) is 23.1. The summed E-state index contributed by atoms with van der Waals surface area (Å²) in [5.74, 6) is -2.77. The van der Waals surface area contributed by atoms with E-state index in [9.17, 15) is 28.8 Å². The van der Waals surface area contributed by atoms with E-state index < -0.39 is 17.7 Å². The van der Waals surface area contributed by atoms with Gasteiger partial charge in [-0.1, -0.05) is 36.4 Å². The Balaban J connectivity index is 1.83. The molecule has 0 spiro atoms. The molecule has 0 aromatic heterocycles. The minimum atomic E-state index is -0.860. The minimum absolute atomic E-state index is 0.0298. The number of hydrogen-bond acceptors (Lipinski definition) is 6. The van der Waals surface area contributed by atoms with Crippen LogP contribution in [0.4, 0.5) is 17.1 Å². The van der Waals surface area contributed by atoms with Gasteiger partial charge in [-0.25, -0.2) is 0 Å². The van der Waals surface area contributed by atoms with Gasteiger partial charge in [0.15, 0.2) is 17.3 Å². The highest BCUT2D eigenvalue weighted by molar-refractivity contribution is 6.15. The molecule has 4 rings (SSSR count). The van der Waals surface area contributed by atoms with Crippen LogP contribution < -0.4 is 16.0 Å². The summed E-state index contributed by atoms with van der Waals surface area (Å²) in [7, 11) is 0. The average molecular weight is 562 g/mol. The summed E-state index contributed by atoms with van der Waals surface area (Å²) in [5.41, 5.74) is 7.48. The molecule has 210 valence electrons. The van der Waals surface area contributed by atoms with Gasteiger partial charge in [-0.3, -0.25) is 33.7 Å². The van der Waals surface area contributed by atoms with E-state index >= 15 is 0 Å². The van der Waals surface area contributed by atoms with Crippen molar-refractivity contribution < 1.29 is 28.8 Å². The van der Waals surface area contributed by atoms with E-state index in [1.807, 2.05) is 0 Å². The fraction of sp³-hybridized carbons (Fsp3) is 0.0909. The van der Waals surface area contributed by atoms with Crippen molar-refractivity contribution in [2.75, 3.05) is 10.2 Å². The molecule has 0 bridgehead atoms. The summed E-state index contributed by atoms with van der Waals surface area (Å²) in [6.07, 6.45) is 0. The Morgan fingerprint density at radius 2 is 1.00 bits per heavy atom. The van der Waals surface area contributed by atoms with Crippen LogP contribution in [0.2, 0.25) is 0 Å². The molecule has 0 unspecified atom stereocenters. The van der Waals surface area contributed by atoms with Crippen molar-refractivity contribution in [3.63, 3.8) is 0 Å². The molecule has 0 saturated heterocycles. The van der Waals surface area contributed by atoms with Gasteiger partial charge in [0.1, 0.15) is 0 Å². The molecule has 0 aliphatic carbocycles. The molecule has 0 aliphatic heterocycles. The standard InChI is InChI=1S/C33H27N3O6/c1-19(37)22-7-4-10-28(16-22)35-32(41)26-13-25(31(34)40)14-27(15-26)33(42)36(29-11-5-8-23(17-29)20(2)38)30-12-6-9-24(18-30)21(3)39/h4-18H,1-3H3,(H2,34,40)(H,35,41). The maximum atomic E-state index is 14.2. The first-order valence-corrected chi connectivity index (χ1v) is 12.9. The molecule has 0 fully saturated rings. The largest absolute Gasteiger partial charge is 0.366 e. The first kappa shape index (κ1) is 29.3. The summed E-state index contributed by atoms with van der Waals surface area (Å²) in [6, 6.07) is 23.0. The molecule has 0 saturated carbocycles. The number of nitrogens with one attached hydrogen (secondary N) is 1. The second kappa shape index (κ2) is 12.2. The predicted octanol–water partition coefficient (Wildman–Crippen LogP) is 5.62. The summed E-state index contributed by atoms with van der Waals surface area (Å²) >= 11 is 0. The molecule has 0 atom stereocenters. The van der Waals surface area contributed by atoms with Crippen molar-refractivity contribution in [2.24, 2.45) is 5.73 Å². The monoisotopic (exact) mass is 561 g/mol. The first-order valence-electron chi connectivity index (χ1n) is 12.9. The number of carbonyl (C=O) groups is 6. The third-order valence-corrected chi connectivity index (χ3v) is 6.48. The van der Waals surface area contributed by atoms with E-state index in [4.69, 9.17) is 5.73 Å². The smallest absolute Gasteiger partial charge is 0.262 e. The number of rotatable bonds is 9. The number of anilines is 3. The van der Waals surface area contributed by atoms with Crippen LogP contribution in [0.5, 0.6) is 0 Å². The molecular weight excluding hydrogens is 534 g/mol. The highest BCUT2D eigenvalue weighted by Gasteiger charge is 2.24. The van der Waals surface area contributed by atoms with Crippen LogP contribution in [0.1, 0.15) is 82.9 Å². The van der Waals surface area contributed by atoms with Crippen molar-refractivity contribution in [3.05, 3.63) is 124 Å². The van der Waals surface area contributed by atoms with Crippen LogP contribution in [-0.4, -0.2) is 35.1 Å². The molecule has 9 heteroatoms. The zero-order valence-corrected chi connectivity index (χ0v) is 23.1. The van der Waals surface area contributed by atoms with Crippen LogP contribution in [0.25, 0.3) is 0 Å². The van der Waals surface area contributed by atoms with Gasteiger partial charge in [-0.05, 0) is 75.4 Å². The fourth-order valence-corrected chi connectivity index (χ4v) is 4.28. The average Bonchev–Trinajstić information content (AvgIpc) is 2.97. The molecule has 0 heterocycles. The van der Waals surface area contributed by atoms with Crippen LogP contribution in [0, 0.1) is 0 Å². The van der Waals surface area contributed by atoms with E-state index in [0.717, 1.165) is 0 Å². The number of nitrogens with two attached hydrogens (primary N) is 1. The van der Waals surface area contributed by atoms with Gasteiger partial charge in [-0.2, -0.15) is 0 Å². The molecule has 3 amide bonds. The van der Waals surface area contributed by atoms with Crippen molar-refractivity contribution in [3.8, 4) is 0 Å². The molecule has 3 N–H and O–H groups in total. The molecule has 42 heavy (non-hydrogen) atoms. The van der Waals surface area contributed by atoms with E-state index in [0.29, 0.717) is 33.8 Å². The van der Waals surface area contributed by atoms with Gasteiger partial charge >= 0.3 is 0 Å². The normalized spacial score (nSPS) is 10.5. The van der Waals surface area contributed by atoms with Gasteiger partial charge < -0.3 is 11.1 Å². The minimum Gasteiger partial charge on any atom is -0.366 e. The third kappa shape index (κ3) is 6.53. The topological polar surface area (TPSA) is 144 Å². The maximum Gasteiger partial charge on any atom is 0.262 e. The second-order valence-corrected chi connectivity index (χ2v) is 9.61. The van der Waals surface area contributed by atoms with Crippen molar-refractivity contribution in [2.45, 2.75) is 20.8 Å². The lowest BCUT2D eigenvalue weighted by atomic mass is 10.0. The number of carbonyl (C=O) groups excluding carboxylic acids is 6. The van der Waals surface area contributed by atoms with Crippen LogP contribution >= 0.6 is 0 Å². The fourth-order valence-electron chi connectivity index (χ4n) is 4.28. The van der Waals surface area contributed by atoms with Crippen LogP contribution in [-0.2, 0) is 0 Å². The lowest BCUT2D eigenvalue weighted by molar-refractivity contribution is 0.0987. The van der Waals surface area contributed by atoms with Gasteiger partial charge in [-0.15, -0.1) is 0 Å². The maximum absolute atomic E-state index is 14.2. The highest BCUT2D eigenvalue weighted by Crippen LogP contribution is 2.30. The summed E-state index contributed by atoms with van der Waals surface area (Å²) in [6.45, 7) is 4.20. The predicted molar refractivity (Wildman–Crippen MR) is 159 cm³/mol. The summed E-state index contributed by atoms with van der Waals surface area (Å²) in [4.78, 5) is 76.9. The number of amides is 3. The summed E-state index contributed by atoms with van der Waals surface area (Å²) < 4.78 is 0. The highest BCUT2D eigenvalue weighted by atomic mass is 16.2. The van der Waals surface area contributed by atoms with Crippen LogP contribution in [0.15, 0.2) is 91.0 Å². The lowest BCUT2D eigenvalue weighted by Crippen LogP contribution is -2.27. The Kier molecular flexibility index (Phi) is 8.52. The van der Waals surface area contributed by atoms with E-state index in [1.54, 1.807) is 54.6 Å². The number of Topliss-reactive ketones (excluding diaryl/α,β-unsaturated/α-hetero) is 3. The Morgan fingerprint density at radius 3 is 1.50 bits per heavy atom. The quantitative estimate of drug-likeness (QED) is 0.254. The molecule has 9 nitrogen and oxygen atoms in total. The van der Waals surface area contributed by atoms with Crippen molar-refractivity contribution in [1.29, 1.82) is 0 Å². The van der Waals surface area contributed by atoms with E-state index in [-0.39, 0.29) is 34.0 Å². The Labute approximate surface area is 242 Å². The Morgan fingerprint density at radius 1 is 0.548 bits per heavy atom. The SMILES string of the molecule is CC(=O)c1cccc(NC(=O)c2cc(C(N)=O)cc(C(=O)N(c3cccc(C(C)=O)c3)c3cccc(C(C)=O)c3)c2)c1. The Bertz CT molecular complexity index is 1720. The lowest BCUT2D eigenvalue weighted by Gasteiger charge is -2.24. The molecule has 4 aromatic carbocycles. The number of hydrogen-bond donors (Lipinski definition) is 2. The number of benzene rings is 4. The third-order valence-electron chi connectivity index (χ3n) is 6.48. The van der Waals surface area contributed by atoms with Gasteiger partial charge in [0.2, 0.25) is 5.91 Å².